The van der Waals surface area contributed by atoms with Crippen LogP contribution in [0.4, 0.5) is 5.69 Å². The van der Waals surface area contributed by atoms with Crippen LogP contribution in [0.5, 0.6) is 0 Å². The molecule has 0 aliphatic rings. The van der Waals surface area contributed by atoms with Crippen LogP contribution in [0.1, 0.15) is 26.8 Å². The van der Waals surface area contributed by atoms with Crippen LogP contribution >= 0.6 is 11.3 Å². The van der Waals surface area contributed by atoms with Crippen LogP contribution in [0, 0.1) is 17.0 Å². The molecule has 0 aliphatic carbocycles. The second-order valence-electron chi connectivity index (χ2n) is 5.41. The predicted molar refractivity (Wildman–Crippen MR) is 90.9 cm³/mol. The van der Waals surface area contributed by atoms with Gasteiger partial charge in [0.25, 0.3) is 11.6 Å². The average Bonchev–Trinajstić information content (AvgIpc) is 3.00. The molecule has 0 unspecified atom stereocenters. The fourth-order valence-electron chi connectivity index (χ4n) is 2.37. The van der Waals surface area contributed by atoms with E-state index in [2.05, 4.69) is 5.32 Å². The summed E-state index contributed by atoms with van der Waals surface area (Å²) in [4.78, 5) is 26.1. The fourth-order valence-corrected chi connectivity index (χ4v) is 3.29. The second-order valence-corrected chi connectivity index (χ2v) is 6.39. The van der Waals surface area contributed by atoms with Crippen molar-refractivity contribution in [2.45, 2.75) is 13.0 Å². The highest BCUT2D eigenvalue weighted by molar-refractivity contribution is 7.10. The third-order valence-electron chi connectivity index (χ3n) is 3.70. The molecule has 2 aromatic rings. The van der Waals surface area contributed by atoms with Crippen molar-refractivity contribution in [2.75, 3.05) is 20.6 Å². The highest BCUT2D eigenvalue weighted by Crippen LogP contribution is 2.23. The zero-order valence-electron chi connectivity index (χ0n) is 13.3. The first kappa shape index (κ1) is 17.1. The third kappa shape index (κ3) is 3.94. The summed E-state index contributed by atoms with van der Waals surface area (Å²) < 4.78 is 0. The summed E-state index contributed by atoms with van der Waals surface area (Å²) in [7, 11) is 3.91. The topological polar surface area (TPSA) is 75.5 Å². The van der Waals surface area contributed by atoms with Gasteiger partial charge in [-0.3, -0.25) is 14.9 Å². The van der Waals surface area contributed by atoms with Crippen molar-refractivity contribution >= 4 is 22.9 Å². The summed E-state index contributed by atoms with van der Waals surface area (Å²) in [6.45, 7) is 2.03. The number of carbonyl (C=O) groups is 1. The van der Waals surface area contributed by atoms with Gasteiger partial charge in [0.1, 0.15) is 0 Å². The molecule has 0 radical (unpaired) electrons. The number of rotatable bonds is 6. The van der Waals surface area contributed by atoms with E-state index in [9.17, 15) is 14.9 Å². The summed E-state index contributed by atoms with van der Waals surface area (Å²) in [5, 5.41) is 15.9. The molecule has 6 nitrogen and oxygen atoms in total. The molecule has 1 atom stereocenters. The number of thiophene rings is 1. The highest BCUT2D eigenvalue weighted by atomic mass is 32.1. The SMILES string of the molecule is Cc1c(C(=O)NC[C@H](c2cccs2)N(C)C)cccc1[N+](=O)[O-]. The molecule has 1 aromatic heterocycles. The lowest BCUT2D eigenvalue weighted by Crippen LogP contribution is -2.34. The monoisotopic (exact) mass is 333 g/mol. The van der Waals surface area contributed by atoms with Crippen molar-refractivity contribution in [1.82, 2.24) is 10.2 Å². The molecule has 0 saturated carbocycles. The van der Waals surface area contributed by atoms with Gasteiger partial charge in [0.15, 0.2) is 0 Å². The quantitative estimate of drug-likeness (QED) is 0.651. The molecule has 1 heterocycles. The maximum atomic E-state index is 12.4. The standard InChI is InChI=1S/C16H19N3O3S/c1-11-12(6-4-7-13(11)19(21)22)16(20)17-10-14(18(2)3)15-8-5-9-23-15/h4-9,14H,10H2,1-3H3,(H,17,20)/t14-/m1/s1. The highest BCUT2D eigenvalue weighted by Gasteiger charge is 2.20. The Labute approximate surface area is 138 Å². The Morgan fingerprint density at radius 1 is 1.35 bits per heavy atom. The number of nitrogens with one attached hydrogen (secondary N) is 1. The largest absolute Gasteiger partial charge is 0.350 e. The Morgan fingerprint density at radius 2 is 2.09 bits per heavy atom. The fraction of sp³-hybridized carbons (Fsp3) is 0.312. The zero-order chi connectivity index (χ0) is 17.0. The number of carbonyl (C=O) groups excluding carboxylic acids is 1. The first-order valence-corrected chi connectivity index (χ1v) is 8.01. The van der Waals surface area contributed by atoms with Gasteiger partial charge in [-0.2, -0.15) is 0 Å². The molecule has 2 rings (SSSR count). The molecule has 0 bridgehead atoms. The molecular formula is C16H19N3O3S. The normalized spacial score (nSPS) is 12.2. The van der Waals surface area contributed by atoms with Gasteiger partial charge >= 0.3 is 0 Å². The zero-order valence-corrected chi connectivity index (χ0v) is 14.1. The van der Waals surface area contributed by atoms with Crippen molar-refractivity contribution in [3.8, 4) is 0 Å². The van der Waals surface area contributed by atoms with Crippen molar-refractivity contribution in [3.05, 3.63) is 61.8 Å². The number of amides is 1. The van der Waals surface area contributed by atoms with Crippen LogP contribution < -0.4 is 5.32 Å². The van der Waals surface area contributed by atoms with Crippen molar-refractivity contribution < 1.29 is 9.72 Å². The van der Waals surface area contributed by atoms with E-state index in [0.29, 0.717) is 17.7 Å². The molecule has 0 saturated heterocycles. The molecule has 23 heavy (non-hydrogen) atoms. The summed E-state index contributed by atoms with van der Waals surface area (Å²) in [5.74, 6) is -0.297. The Kier molecular flexibility index (Phi) is 5.46. The molecule has 1 N–H and O–H groups in total. The van der Waals surface area contributed by atoms with Crippen LogP contribution in [0.3, 0.4) is 0 Å². The first-order valence-electron chi connectivity index (χ1n) is 7.14. The number of nitrogens with zero attached hydrogens (tertiary/aromatic N) is 2. The van der Waals surface area contributed by atoms with Crippen LogP contribution in [0.15, 0.2) is 35.7 Å². The average molecular weight is 333 g/mol. The van der Waals surface area contributed by atoms with E-state index < -0.39 is 4.92 Å². The lowest BCUT2D eigenvalue weighted by Gasteiger charge is -2.23. The van der Waals surface area contributed by atoms with E-state index in [-0.39, 0.29) is 17.6 Å². The number of nitro benzene ring substituents is 1. The van der Waals surface area contributed by atoms with Gasteiger partial charge in [-0.1, -0.05) is 12.1 Å². The number of hydrogen-bond donors (Lipinski definition) is 1. The first-order chi connectivity index (χ1) is 10.9. The Morgan fingerprint density at radius 3 is 2.65 bits per heavy atom. The van der Waals surface area contributed by atoms with Crippen LogP contribution in [-0.4, -0.2) is 36.4 Å². The van der Waals surface area contributed by atoms with Gasteiger partial charge < -0.3 is 10.2 Å². The van der Waals surface area contributed by atoms with Gasteiger partial charge in [0.05, 0.1) is 11.0 Å². The summed E-state index contributed by atoms with van der Waals surface area (Å²) in [6.07, 6.45) is 0. The lowest BCUT2D eigenvalue weighted by atomic mass is 10.1. The van der Waals surface area contributed by atoms with Gasteiger partial charge in [0, 0.05) is 28.6 Å². The minimum atomic E-state index is -0.472. The molecule has 7 heteroatoms. The molecule has 1 aromatic carbocycles. The molecular weight excluding hydrogens is 314 g/mol. The van der Waals surface area contributed by atoms with Gasteiger partial charge in [-0.05, 0) is 38.5 Å². The van der Waals surface area contributed by atoms with Crippen LogP contribution in [-0.2, 0) is 0 Å². The smallest absolute Gasteiger partial charge is 0.273 e. The van der Waals surface area contributed by atoms with E-state index in [1.165, 1.54) is 12.1 Å². The van der Waals surface area contributed by atoms with Crippen molar-refractivity contribution in [1.29, 1.82) is 0 Å². The van der Waals surface area contributed by atoms with Crippen molar-refractivity contribution in [3.63, 3.8) is 0 Å². The minimum absolute atomic E-state index is 0.0416. The summed E-state index contributed by atoms with van der Waals surface area (Å²) >= 11 is 1.63. The van der Waals surface area contributed by atoms with E-state index in [1.807, 2.05) is 36.5 Å². The number of likely N-dealkylation sites (N-methyl/N-ethyl adjacent to an activating group) is 1. The number of hydrogen-bond acceptors (Lipinski definition) is 5. The van der Waals surface area contributed by atoms with Gasteiger partial charge in [0.2, 0.25) is 0 Å². The molecule has 1 amide bonds. The predicted octanol–water partition coefficient (Wildman–Crippen LogP) is 3.00. The van der Waals surface area contributed by atoms with E-state index in [0.717, 1.165) is 4.88 Å². The lowest BCUT2D eigenvalue weighted by molar-refractivity contribution is -0.385. The summed E-state index contributed by atoms with van der Waals surface area (Å²) in [5.41, 5.74) is 0.676. The Balaban J connectivity index is 2.13. The van der Waals surface area contributed by atoms with Crippen LogP contribution in [0.25, 0.3) is 0 Å². The Hall–Kier alpha value is -2.25. The van der Waals surface area contributed by atoms with Crippen molar-refractivity contribution in [2.24, 2.45) is 0 Å². The molecule has 0 aliphatic heterocycles. The second kappa shape index (κ2) is 7.34. The Bertz CT molecular complexity index is 699. The van der Waals surface area contributed by atoms with Gasteiger partial charge in [-0.15, -0.1) is 11.3 Å². The van der Waals surface area contributed by atoms with E-state index in [1.54, 1.807) is 24.3 Å². The molecule has 0 spiro atoms. The minimum Gasteiger partial charge on any atom is -0.350 e. The maximum Gasteiger partial charge on any atom is 0.273 e. The third-order valence-corrected chi connectivity index (χ3v) is 4.67. The van der Waals surface area contributed by atoms with Crippen LogP contribution in [0.2, 0.25) is 0 Å². The number of benzene rings is 1. The summed E-state index contributed by atoms with van der Waals surface area (Å²) in [6, 6.07) is 8.61. The maximum absolute atomic E-state index is 12.4. The van der Waals surface area contributed by atoms with Gasteiger partial charge in [-0.25, -0.2) is 0 Å². The van der Waals surface area contributed by atoms with E-state index >= 15 is 0 Å². The number of nitro groups is 1. The van der Waals surface area contributed by atoms with E-state index in [4.69, 9.17) is 0 Å². The molecule has 0 fully saturated rings. The molecule has 122 valence electrons.